The number of carbonyl (C=O) groups is 3. The van der Waals surface area contributed by atoms with E-state index in [0.29, 0.717) is 60.8 Å². The molecule has 1 N–H and O–H groups in total. The molecule has 7 nitrogen and oxygen atoms in total. The van der Waals surface area contributed by atoms with Crippen LogP contribution in [0.1, 0.15) is 56.0 Å². The van der Waals surface area contributed by atoms with Gasteiger partial charge in [0.25, 0.3) is 5.91 Å². The van der Waals surface area contributed by atoms with Crippen molar-refractivity contribution >= 4 is 35.1 Å². The number of benzene rings is 2. The molecule has 0 saturated heterocycles. The number of nitrogens with zero attached hydrogens (tertiary/aromatic N) is 1. The van der Waals surface area contributed by atoms with E-state index in [1.807, 2.05) is 45.0 Å². The highest BCUT2D eigenvalue weighted by atomic mass is 35.5. The molecule has 0 saturated carbocycles. The summed E-state index contributed by atoms with van der Waals surface area (Å²) in [5, 5.41) is 3.39. The average molecular weight is 487 g/mol. The minimum atomic E-state index is -0.596. The normalized spacial score (nSPS) is 12.9. The molecule has 34 heavy (non-hydrogen) atoms. The van der Waals surface area contributed by atoms with Crippen molar-refractivity contribution in [3.63, 3.8) is 0 Å². The monoisotopic (exact) mass is 486 g/mol. The number of nitrogens with one attached hydrogen (secondary N) is 1. The van der Waals surface area contributed by atoms with Gasteiger partial charge in [-0.1, -0.05) is 29.8 Å². The third kappa shape index (κ3) is 7.48. The van der Waals surface area contributed by atoms with Crippen LogP contribution in [0, 0.1) is 0 Å². The van der Waals surface area contributed by atoms with Crippen molar-refractivity contribution < 1.29 is 23.9 Å². The number of anilines is 1. The quantitative estimate of drug-likeness (QED) is 0.373. The molecule has 0 spiro atoms. The van der Waals surface area contributed by atoms with Crippen LogP contribution in [0.25, 0.3) is 0 Å². The van der Waals surface area contributed by atoms with Crippen LogP contribution in [0.4, 0.5) is 10.5 Å². The summed E-state index contributed by atoms with van der Waals surface area (Å²) >= 11 is 6.26. The molecule has 0 unspecified atom stereocenters. The highest BCUT2D eigenvalue weighted by Crippen LogP contribution is 2.29. The lowest BCUT2D eigenvalue weighted by Gasteiger charge is -2.27. The third-order valence-electron chi connectivity index (χ3n) is 5.28. The molecule has 3 rings (SSSR count). The Hall–Kier alpha value is -3.06. The van der Waals surface area contributed by atoms with Crippen molar-refractivity contribution in [2.45, 2.75) is 52.1 Å². The smallest absolute Gasteiger partial charge is 0.410 e. The van der Waals surface area contributed by atoms with Crippen LogP contribution in [-0.4, -0.2) is 48.0 Å². The van der Waals surface area contributed by atoms with Crippen molar-refractivity contribution in [3.8, 4) is 5.75 Å². The first-order valence-electron chi connectivity index (χ1n) is 11.4. The summed E-state index contributed by atoms with van der Waals surface area (Å²) in [6.45, 7) is 6.42. The molecule has 0 atom stereocenters. The van der Waals surface area contributed by atoms with E-state index in [4.69, 9.17) is 21.1 Å². The van der Waals surface area contributed by atoms with Gasteiger partial charge in [-0.25, -0.2) is 4.79 Å². The number of fused-ring (bicyclic) bond motifs is 1. The topological polar surface area (TPSA) is 84.9 Å². The lowest BCUT2D eigenvalue weighted by Crippen LogP contribution is -2.38. The molecule has 0 fully saturated rings. The van der Waals surface area contributed by atoms with Gasteiger partial charge >= 0.3 is 6.09 Å². The van der Waals surface area contributed by atoms with Gasteiger partial charge in [0.05, 0.1) is 5.69 Å². The molecule has 1 aliphatic heterocycles. The van der Waals surface area contributed by atoms with E-state index in [1.54, 1.807) is 23.1 Å². The fourth-order valence-electron chi connectivity index (χ4n) is 3.57. The summed E-state index contributed by atoms with van der Waals surface area (Å²) in [6.07, 6.45) is 1.83. The predicted octanol–water partition coefficient (Wildman–Crippen LogP) is 5.50. The summed E-state index contributed by atoms with van der Waals surface area (Å²) in [6, 6.07) is 12.6. The first-order valence-corrected chi connectivity index (χ1v) is 11.8. The minimum Gasteiger partial charge on any atom is -0.482 e. The molecular formula is C26H31ClN2O5. The number of Topliss-reactive ketones (excluding diaryl/α,β-unsaturated/α-hetero) is 1. The van der Waals surface area contributed by atoms with Gasteiger partial charge < -0.3 is 19.7 Å². The van der Waals surface area contributed by atoms with Gasteiger partial charge in [0.15, 0.2) is 12.4 Å². The molecule has 0 bridgehead atoms. The van der Waals surface area contributed by atoms with Crippen molar-refractivity contribution in [2.24, 2.45) is 0 Å². The Labute approximate surface area is 205 Å². The van der Waals surface area contributed by atoms with Gasteiger partial charge in [-0.3, -0.25) is 9.59 Å². The van der Waals surface area contributed by atoms with E-state index in [0.717, 1.165) is 5.56 Å². The highest BCUT2D eigenvalue weighted by Gasteiger charge is 2.22. The van der Waals surface area contributed by atoms with Crippen LogP contribution in [0.2, 0.25) is 5.02 Å². The van der Waals surface area contributed by atoms with E-state index in [2.05, 4.69) is 5.32 Å². The lowest BCUT2D eigenvalue weighted by atomic mass is 10.0. The Morgan fingerprint density at radius 1 is 1.12 bits per heavy atom. The lowest BCUT2D eigenvalue weighted by molar-refractivity contribution is -0.118. The van der Waals surface area contributed by atoms with E-state index >= 15 is 0 Å². The Balaban J connectivity index is 1.54. The van der Waals surface area contributed by atoms with Gasteiger partial charge in [-0.15, -0.1) is 0 Å². The van der Waals surface area contributed by atoms with Gasteiger partial charge in [0.1, 0.15) is 11.4 Å². The first-order chi connectivity index (χ1) is 16.1. The van der Waals surface area contributed by atoms with Crippen molar-refractivity contribution in [1.29, 1.82) is 0 Å². The van der Waals surface area contributed by atoms with Crippen molar-refractivity contribution in [1.82, 2.24) is 4.90 Å². The molecule has 1 heterocycles. The number of rotatable bonds is 9. The van der Waals surface area contributed by atoms with Crippen LogP contribution >= 0.6 is 11.6 Å². The number of hydrogen-bond donors (Lipinski definition) is 1. The molecular weight excluding hydrogens is 456 g/mol. The maximum absolute atomic E-state index is 12.7. The SMILES string of the molecule is CC(C)(C)OC(=O)N(CCCCC(=O)c1ccc2c(c1)NC(=O)CO2)CCc1ccccc1Cl. The number of ketones is 1. The Morgan fingerprint density at radius 2 is 1.88 bits per heavy atom. The maximum Gasteiger partial charge on any atom is 0.410 e. The number of carbonyl (C=O) groups excluding carboxylic acids is 3. The Morgan fingerprint density at radius 3 is 2.62 bits per heavy atom. The molecule has 0 aliphatic carbocycles. The fraction of sp³-hybridized carbons (Fsp3) is 0.423. The maximum atomic E-state index is 12.7. The number of ether oxygens (including phenoxy) is 2. The van der Waals surface area contributed by atoms with E-state index in [1.165, 1.54) is 0 Å². The second kappa shape index (κ2) is 11.4. The van der Waals surface area contributed by atoms with Crippen molar-refractivity contribution in [3.05, 3.63) is 58.6 Å². The highest BCUT2D eigenvalue weighted by molar-refractivity contribution is 6.31. The molecule has 182 valence electrons. The second-order valence-corrected chi connectivity index (χ2v) is 9.64. The molecule has 2 aromatic carbocycles. The molecule has 0 radical (unpaired) electrons. The standard InChI is InChI=1S/C26H31ClN2O5/c1-26(2,3)34-25(32)29(15-13-18-8-4-5-9-20(18)27)14-7-6-10-22(30)19-11-12-23-21(16-19)28-24(31)17-33-23/h4-5,8-9,11-12,16H,6-7,10,13-15,17H2,1-3H3,(H,28,31). The largest absolute Gasteiger partial charge is 0.482 e. The second-order valence-electron chi connectivity index (χ2n) is 9.24. The van der Waals surface area contributed by atoms with Crippen LogP contribution in [0.3, 0.4) is 0 Å². The Bertz CT molecular complexity index is 1050. The number of hydrogen-bond acceptors (Lipinski definition) is 5. The van der Waals surface area contributed by atoms with Gasteiger partial charge in [-0.2, -0.15) is 0 Å². The summed E-state index contributed by atoms with van der Waals surface area (Å²) in [4.78, 5) is 38.6. The molecule has 8 heteroatoms. The van der Waals surface area contributed by atoms with Crippen LogP contribution in [0.15, 0.2) is 42.5 Å². The van der Waals surface area contributed by atoms with Crippen LogP contribution in [-0.2, 0) is 16.0 Å². The first kappa shape index (κ1) is 25.6. The third-order valence-corrected chi connectivity index (χ3v) is 5.65. The van der Waals surface area contributed by atoms with Crippen molar-refractivity contribution in [2.75, 3.05) is 25.0 Å². The zero-order valence-corrected chi connectivity index (χ0v) is 20.6. The number of amides is 2. The minimum absolute atomic E-state index is 0.0229. The molecule has 2 amide bonds. The van der Waals surface area contributed by atoms with Crippen LogP contribution < -0.4 is 10.1 Å². The summed E-state index contributed by atoms with van der Waals surface area (Å²) in [5.74, 6) is 0.293. The fourth-order valence-corrected chi connectivity index (χ4v) is 3.80. The summed E-state index contributed by atoms with van der Waals surface area (Å²) in [7, 11) is 0. The van der Waals surface area contributed by atoms with Gasteiger partial charge in [0.2, 0.25) is 0 Å². The van der Waals surface area contributed by atoms with E-state index in [9.17, 15) is 14.4 Å². The predicted molar refractivity (Wildman–Crippen MR) is 132 cm³/mol. The van der Waals surface area contributed by atoms with E-state index in [-0.39, 0.29) is 24.4 Å². The summed E-state index contributed by atoms with van der Waals surface area (Å²) in [5.41, 5.74) is 1.41. The molecule has 1 aliphatic rings. The molecule has 2 aromatic rings. The number of unbranched alkanes of at least 4 members (excludes halogenated alkanes) is 1. The number of halogens is 1. The summed E-state index contributed by atoms with van der Waals surface area (Å²) < 4.78 is 10.9. The molecule has 0 aromatic heterocycles. The van der Waals surface area contributed by atoms with Gasteiger partial charge in [-0.05, 0) is 69.9 Å². The zero-order chi connectivity index (χ0) is 24.7. The van der Waals surface area contributed by atoms with Crippen LogP contribution in [0.5, 0.6) is 5.75 Å². The zero-order valence-electron chi connectivity index (χ0n) is 19.9. The Kier molecular flexibility index (Phi) is 8.56. The average Bonchev–Trinajstić information content (AvgIpc) is 2.77. The van der Waals surface area contributed by atoms with Gasteiger partial charge in [0, 0.05) is 30.1 Å². The van der Waals surface area contributed by atoms with E-state index < -0.39 is 5.60 Å².